The second kappa shape index (κ2) is 5.29. The van der Waals surface area contributed by atoms with Gasteiger partial charge in [0.05, 0.1) is 12.8 Å². The maximum absolute atomic E-state index is 12.1. The third-order valence-corrected chi connectivity index (χ3v) is 3.70. The van der Waals surface area contributed by atoms with E-state index in [1.54, 1.807) is 37.8 Å². The van der Waals surface area contributed by atoms with Crippen molar-refractivity contribution in [2.75, 3.05) is 6.61 Å². The fourth-order valence-corrected chi connectivity index (χ4v) is 2.38. The zero-order valence-corrected chi connectivity index (χ0v) is 12.8. The quantitative estimate of drug-likeness (QED) is 0.752. The molecule has 0 spiro atoms. The van der Waals surface area contributed by atoms with Crippen LogP contribution in [0.15, 0.2) is 36.9 Å². The lowest BCUT2D eigenvalue weighted by molar-refractivity contribution is -0.152. The third kappa shape index (κ3) is 2.26. The highest BCUT2D eigenvalue weighted by Gasteiger charge is 2.32. The molecule has 6 heteroatoms. The van der Waals surface area contributed by atoms with E-state index in [0.717, 1.165) is 22.2 Å². The molecule has 0 aliphatic carbocycles. The summed E-state index contributed by atoms with van der Waals surface area (Å²) in [5.74, 6) is -0.300. The van der Waals surface area contributed by atoms with Gasteiger partial charge in [-0.15, -0.1) is 0 Å². The lowest BCUT2D eigenvalue weighted by Gasteiger charge is -2.22. The molecule has 0 saturated heterocycles. The van der Waals surface area contributed by atoms with E-state index < -0.39 is 5.54 Å². The first kappa shape index (κ1) is 14.3. The summed E-state index contributed by atoms with van der Waals surface area (Å²) < 4.78 is 6.76. The van der Waals surface area contributed by atoms with Gasteiger partial charge >= 0.3 is 5.97 Å². The molecular formula is C16H18N4O2. The van der Waals surface area contributed by atoms with Crippen LogP contribution in [0.2, 0.25) is 0 Å². The Morgan fingerprint density at radius 3 is 3.00 bits per heavy atom. The lowest BCUT2D eigenvalue weighted by atomic mass is 10.1. The van der Waals surface area contributed by atoms with Crippen molar-refractivity contribution >= 4 is 17.0 Å². The summed E-state index contributed by atoms with van der Waals surface area (Å²) in [7, 11) is 0. The van der Waals surface area contributed by atoms with Crippen LogP contribution in [0.25, 0.3) is 22.2 Å². The molecule has 3 rings (SSSR count). The Morgan fingerprint density at radius 2 is 2.23 bits per heavy atom. The summed E-state index contributed by atoms with van der Waals surface area (Å²) in [6, 6.07) is 3.92. The van der Waals surface area contributed by atoms with E-state index in [1.165, 1.54) is 0 Å². The van der Waals surface area contributed by atoms with Crippen molar-refractivity contribution in [3.63, 3.8) is 0 Å². The predicted octanol–water partition coefficient (Wildman–Crippen LogP) is 2.72. The highest BCUT2D eigenvalue weighted by Crippen LogP contribution is 2.28. The Balaban J connectivity index is 2.01. The number of aromatic nitrogens is 4. The molecule has 0 aliphatic rings. The number of hydrogen-bond donors (Lipinski definition) is 1. The zero-order chi connectivity index (χ0) is 15.7. The van der Waals surface area contributed by atoms with Gasteiger partial charge in [0.15, 0.2) is 5.54 Å². The molecule has 0 fully saturated rings. The van der Waals surface area contributed by atoms with Gasteiger partial charge in [0.25, 0.3) is 0 Å². The van der Waals surface area contributed by atoms with Crippen molar-refractivity contribution in [1.29, 1.82) is 0 Å². The number of nitrogens with one attached hydrogen (secondary N) is 1. The minimum absolute atomic E-state index is 0.300. The van der Waals surface area contributed by atoms with Gasteiger partial charge in [0.2, 0.25) is 0 Å². The molecule has 1 N–H and O–H groups in total. The molecule has 22 heavy (non-hydrogen) atoms. The van der Waals surface area contributed by atoms with Crippen molar-refractivity contribution in [2.45, 2.75) is 26.3 Å². The van der Waals surface area contributed by atoms with E-state index in [-0.39, 0.29) is 5.97 Å². The molecule has 6 nitrogen and oxygen atoms in total. The number of nitrogens with zero attached hydrogens (tertiary/aromatic N) is 3. The van der Waals surface area contributed by atoms with E-state index >= 15 is 0 Å². The monoisotopic (exact) mass is 298 g/mol. The van der Waals surface area contributed by atoms with E-state index in [0.29, 0.717) is 6.61 Å². The van der Waals surface area contributed by atoms with Crippen LogP contribution >= 0.6 is 0 Å². The van der Waals surface area contributed by atoms with Gasteiger partial charge in [-0.1, -0.05) is 0 Å². The number of rotatable bonds is 4. The fraction of sp³-hybridized carbons (Fsp3) is 0.312. The van der Waals surface area contributed by atoms with Crippen molar-refractivity contribution in [3.05, 3.63) is 36.9 Å². The first-order valence-corrected chi connectivity index (χ1v) is 7.19. The molecule has 0 saturated carbocycles. The Kier molecular flexibility index (Phi) is 3.44. The number of aromatic amines is 1. The molecule has 0 amide bonds. The number of esters is 1. The number of H-pyrrole nitrogens is 1. The summed E-state index contributed by atoms with van der Waals surface area (Å²) in [6.45, 7) is 5.73. The van der Waals surface area contributed by atoms with Crippen LogP contribution in [0.4, 0.5) is 0 Å². The number of carbonyl (C=O) groups excluding carboxylic acids is 1. The number of fused-ring (bicyclic) bond motifs is 1. The lowest BCUT2D eigenvalue weighted by Crippen LogP contribution is -2.37. The van der Waals surface area contributed by atoms with Crippen LogP contribution in [0.3, 0.4) is 0 Å². The molecule has 0 radical (unpaired) electrons. The van der Waals surface area contributed by atoms with Crippen molar-refractivity contribution in [1.82, 2.24) is 19.7 Å². The average molecular weight is 298 g/mol. The normalized spacial score (nSPS) is 11.8. The largest absolute Gasteiger partial charge is 0.464 e. The summed E-state index contributed by atoms with van der Waals surface area (Å²) in [5.41, 5.74) is 1.94. The van der Waals surface area contributed by atoms with Gasteiger partial charge < -0.3 is 9.72 Å². The van der Waals surface area contributed by atoms with Crippen LogP contribution in [-0.4, -0.2) is 32.3 Å². The topological polar surface area (TPSA) is 72.8 Å². The Morgan fingerprint density at radius 1 is 1.41 bits per heavy atom. The van der Waals surface area contributed by atoms with Gasteiger partial charge in [-0.05, 0) is 38.5 Å². The van der Waals surface area contributed by atoms with E-state index in [4.69, 9.17) is 4.74 Å². The molecule has 0 aliphatic heterocycles. The number of pyridine rings is 1. The van der Waals surface area contributed by atoms with Crippen LogP contribution in [0, 0.1) is 0 Å². The molecular weight excluding hydrogens is 280 g/mol. The molecule has 0 aromatic carbocycles. The van der Waals surface area contributed by atoms with Crippen LogP contribution in [-0.2, 0) is 15.1 Å². The first-order valence-electron chi connectivity index (χ1n) is 7.19. The smallest absolute Gasteiger partial charge is 0.333 e. The van der Waals surface area contributed by atoms with Crippen LogP contribution in [0.1, 0.15) is 20.8 Å². The van der Waals surface area contributed by atoms with Crippen LogP contribution in [0.5, 0.6) is 0 Å². The molecule has 3 heterocycles. The van der Waals surface area contributed by atoms with E-state index in [2.05, 4.69) is 15.1 Å². The zero-order valence-electron chi connectivity index (χ0n) is 12.8. The minimum Gasteiger partial charge on any atom is -0.464 e. The van der Waals surface area contributed by atoms with E-state index in [1.807, 2.05) is 24.5 Å². The Labute approximate surface area is 128 Å². The maximum Gasteiger partial charge on any atom is 0.333 e. The standard InChI is InChI=1S/C16H18N4O2/c1-4-22-15(21)16(2,3)20-10-11(9-19-20)12-5-7-17-14-13(12)6-8-18-14/h5-10H,4H2,1-3H3,(H,17,18). The second-order valence-corrected chi connectivity index (χ2v) is 5.55. The molecule has 0 bridgehead atoms. The Bertz CT molecular complexity index is 816. The highest BCUT2D eigenvalue weighted by molar-refractivity contribution is 5.92. The first-order chi connectivity index (χ1) is 10.5. The van der Waals surface area contributed by atoms with E-state index in [9.17, 15) is 4.79 Å². The SMILES string of the molecule is CCOC(=O)C(C)(C)n1cc(-c2ccnc3[nH]ccc23)cn1. The van der Waals surface area contributed by atoms with Gasteiger partial charge in [-0.3, -0.25) is 4.68 Å². The molecule has 3 aromatic heterocycles. The third-order valence-electron chi connectivity index (χ3n) is 3.70. The summed E-state index contributed by atoms with van der Waals surface area (Å²) in [6.07, 6.45) is 7.22. The molecule has 114 valence electrons. The fourth-order valence-electron chi connectivity index (χ4n) is 2.38. The van der Waals surface area contributed by atoms with Gasteiger partial charge in [-0.2, -0.15) is 5.10 Å². The van der Waals surface area contributed by atoms with Crippen LogP contribution < -0.4 is 0 Å². The van der Waals surface area contributed by atoms with Gasteiger partial charge in [0.1, 0.15) is 5.65 Å². The van der Waals surface area contributed by atoms with Gasteiger partial charge in [-0.25, -0.2) is 9.78 Å². The Hall–Kier alpha value is -2.63. The molecule has 0 atom stereocenters. The average Bonchev–Trinajstić information content (AvgIpc) is 3.16. The van der Waals surface area contributed by atoms with Gasteiger partial charge in [0, 0.05) is 29.5 Å². The number of ether oxygens (including phenoxy) is 1. The number of carbonyl (C=O) groups is 1. The van der Waals surface area contributed by atoms with Crippen molar-refractivity contribution in [3.8, 4) is 11.1 Å². The minimum atomic E-state index is -0.849. The van der Waals surface area contributed by atoms with Crippen molar-refractivity contribution < 1.29 is 9.53 Å². The second-order valence-electron chi connectivity index (χ2n) is 5.55. The van der Waals surface area contributed by atoms with Crippen molar-refractivity contribution in [2.24, 2.45) is 0 Å². The number of hydrogen-bond acceptors (Lipinski definition) is 4. The molecule has 3 aromatic rings. The summed E-state index contributed by atoms with van der Waals surface area (Å²) >= 11 is 0. The summed E-state index contributed by atoms with van der Waals surface area (Å²) in [4.78, 5) is 19.5. The summed E-state index contributed by atoms with van der Waals surface area (Å²) in [5, 5.41) is 5.37. The molecule has 0 unspecified atom stereocenters. The highest BCUT2D eigenvalue weighted by atomic mass is 16.5. The maximum atomic E-state index is 12.1. The predicted molar refractivity (Wildman–Crippen MR) is 83.3 cm³/mol.